The summed E-state index contributed by atoms with van der Waals surface area (Å²) in [6.45, 7) is 3.40. The van der Waals surface area contributed by atoms with Crippen molar-refractivity contribution in [2.45, 2.75) is 25.8 Å². The van der Waals surface area contributed by atoms with Crippen LogP contribution in [0, 0.1) is 6.92 Å². The van der Waals surface area contributed by atoms with Gasteiger partial charge in [-0.05, 0) is 36.6 Å². The standard InChI is InChI=1S/C16H21N3O4/c1-5-16(11-6-7-12(23-4)10(2)8-11)14(21)19(15(22)18-16)9-13(20)17-3/h6-8H,5,9H2,1-4H3,(H,17,20)(H,18,22). The lowest BCUT2D eigenvalue weighted by molar-refractivity contribution is -0.135. The summed E-state index contributed by atoms with van der Waals surface area (Å²) in [5.41, 5.74) is 0.392. The molecule has 7 nitrogen and oxygen atoms in total. The number of likely N-dealkylation sites (N-methyl/N-ethyl adjacent to an activating group) is 1. The van der Waals surface area contributed by atoms with E-state index in [1.54, 1.807) is 19.2 Å². The van der Waals surface area contributed by atoms with Crippen molar-refractivity contribution in [3.63, 3.8) is 0 Å². The average molecular weight is 319 g/mol. The number of hydrogen-bond acceptors (Lipinski definition) is 4. The van der Waals surface area contributed by atoms with E-state index in [1.807, 2.05) is 19.9 Å². The van der Waals surface area contributed by atoms with Crippen LogP contribution in [0.1, 0.15) is 24.5 Å². The maximum atomic E-state index is 12.8. The lowest BCUT2D eigenvalue weighted by atomic mass is 9.86. The Morgan fingerprint density at radius 1 is 1.39 bits per heavy atom. The first-order valence-electron chi connectivity index (χ1n) is 7.39. The Morgan fingerprint density at radius 3 is 2.61 bits per heavy atom. The number of ether oxygens (including phenoxy) is 1. The largest absolute Gasteiger partial charge is 0.496 e. The number of urea groups is 1. The van der Waals surface area contributed by atoms with Gasteiger partial charge in [0, 0.05) is 7.05 Å². The summed E-state index contributed by atoms with van der Waals surface area (Å²) in [6.07, 6.45) is 0.383. The van der Waals surface area contributed by atoms with E-state index >= 15 is 0 Å². The fraction of sp³-hybridized carbons (Fsp3) is 0.438. The van der Waals surface area contributed by atoms with Gasteiger partial charge in [0.25, 0.3) is 5.91 Å². The molecule has 0 radical (unpaired) electrons. The minimum atomic E-state index is -1.15. The molecule has 124 valence electrons. The fourth-order valence-corrected chi connectivity index (χ4v) is 2.78. The first-order valence-corrected chi connectivity index (χ1v) is 7.39. The summed E-state index contributed by atoms with van der Waals surface area (Å²) >= 11 is 0. The molecule has 2 N–H and O–H groups in total. The maximum Gasteiger partial charge on any atom is 0.325 e. The van der Waals surface area contributed by atoms with E-state index in [-0.39, 0.29) is 6.54 Å². The number of rotatable bonds is 5. The normalized spacial score (nSPS) is 20.4. The highest BCUT2D eigenvalue weighted by Gasteiger charge is 2.51. The highest BCUT2D eigenvalue weighted by Crippen LogP contribution is 2.34. The molecular weight excluding hydrogens is 298 g/mol. The molecule has 1 saturated heterocycles. The number of aryl methyl sites for hydroxylation is 1. The number of benzene rings is 1. The number of hydrogen-bond donors (Lipinski definition) is 2. The molecular formula is C16H21N3O4. The van der Waals surface area contributed by atoms with E-state index < -0.39 is 23.4 Å². The lowest BCUT2D eigenvalue weighted by Crippen LogP contribution is -2.44. The zero-order valence-corrected chi connectivity index (χ0v) is 13.7. The summed E-state index contributed by atoms with van der Waals surface area (Å²) in [6, 6.07) is 4.79. The molecule has 0 aromatic heterocycles. The van der Waals surface area contributed by atoms with E-state index in [0.29, 0.717) is 17.7 Å². The molecule has 1 aliphatic heterocycles. The van der Waals surface area contributed by atoms with E-state index in [0.717, 1.165) is 10.5 Å². The number of nitrogens with one attached hydrogen (secondary N) is 2. The topological polar surface area (TPSA) is 87.7 Å². The second kappa shape index (κ2) is 6.28. The van der Waals surface area contributed by atoms with Crippen molar-refractivity contribution >= 4 is 17.8 Å². The molecule has 1 fully saturated rings. The summed E-state index contributed by atoms with van der Waals surface area (Å²) in [7, 11) is 3.03. The van der Waals surface area contributed by atoms with Crippen molar-refractivity contribution in [3.05, 3.63) is 29.3 Å². The first kappa shape index (κ1) is 16.8. The van der Waals surface area contributed by atoms with E-state index in [9.17, 15) is 14.4 Å². The number of amides is 4. The SMILES string of the molecule is CCC1(c2ccc(OC)c(C)c2)NC(=O)N(CC(=O)NC)C1=O. The molecule has 1 aliphatic rings. The van der Waals surface area contributed by atoms with Crippen LogP contribution in [0.5, 0.6) is 5.75 Å². The van der Waals surface area contributed by atoms with Crippen LogP contribution in [-0.4, -0.2) is 43.4 Å². The molecule has 1 heterocycles. The second-order valence-electron chi connectivity index (χ2n) is 5.44. The molecule has 0 spiro atoms. The average Bonchev–Trinajstić information content (AvgIpc) is 2.79. The molecule has 4 amide bonds. The van der Waals surface area contributed by atoms with Gasteiger partial charge in [-0.1, -0.05) is 13.0 Å². The number of carbonyl (C=O) groups excluding carboxylic acids is 3. The lowest BCUT2D eigenvalue weighted by Gasteiger charge is -2.26. The van der Waals surface area contributed by atoms with Crippen LogP contribution < -0.4 is 15.4 Å². The summed E-state index contributed by atoms with van der Waals surface area (Å²) in [5.74, 6) is -0.108. The Balaban J connectivity index is 2.41. The van der Waals surface area contributed by atoms with E-state index in [4.69, 9.17) is 4.74 Å². The molecule has 2 rings (SSSR count). The molecule has 1 aromatic carbocycles. The minimum Gasteiger partial charge on any atom is -0.496 e. The van der Waals surface area contributed by atoms with Gasteiger partial charge in [0.05, 0.1) is 7.11 Å². The van der Waals surface area contributed by atoms with E-state index in [2.05, 4.69) is 10.6 Å². The smallest absolute Gasteiger partial charge is 0.325 e. The van der Waals surface area contributed by atoms with Gasteiger partial charge >= 0.3 is 6.03 Å². The van der Waals surface area contributed by atoms with Gasteiger partial charge in [-0.25, -0.2) is 4.79 Å². The Kier molecular flexibility index (Phi) is 4.58. The Bertz CT molecular complexity index is 659. The predicted molar refractivity (Wildman–Crippen MR) is 84.0 cm³/mol. The fourth-order valence-electron chi connectivity index (χ4n) is 2.78. The van der Waals surface area contributed by atoms with Crippen LogP contribution in [-0.2, 0) is 15.1 Å². The van der Waals surface area contributed by atoms with Gasteiger partial charge < -0.3 is 15.4 Å². The third-order valence-corrected chi connectivity index (χ3v) is 4.17. The number of imide groups is 1. The van der Waals surface area contributed by atoms with Crippen molar-refractivity contribution < 1.29 is 19.1 Å². The Hall–Kier alpha value is -2.57. The van der Waals surface area contributed by atoms with Gasteiger partial charge in [-0.3, -0.25) is 14.5 Å². The first-order chi connectivity index (χ1) is 10.9. The number of methoxy groups -OCH3 is 1. The molecule has 1 atom stereocenters. The maximum absolute atomic E-state index is 12.8. The molecule has 7 heteroatoms. The molecule has 0 aliphatic carbocycles. The number of nitrogens with zero attached hydrogens (tertiary/aromatic N) is 1. The van der Waals surface area contributed by atoms with Crippen LogP contribution in [0.2, 0.25) is 0 Å². The third-order valence-electron chi connectivity index (χ3n) is 4.17. The van der Waals surface area contributed by atoms with Crippen LogP contribution >= 0.6 is 0 Å². The van der Waals surface area contributed by atoms with Crippen LogP contribution in [0.4, 0.5) is 4.79 Å². The zero-order chi connectivity index (χ0) is 17.2. The van der Waals surface area contributed by atoms with Crippen LogP contribution in [0.25, 0.3) is 0 Å². The van der Waals surface area contributed by atoms with Crippen LogP contribution in [0.15, 0.2) is 18.2 Å². The van der Waals surface area contributed by atoms with E-state index in [1.165, 1.54) is 7.05 Å². The monoisotopic (exact) mass is 319 g/mol. The zero-order valence-electron chi connectivity index (χ0n) is 13.7. The Morgan fingerprint density at radius 2 is 2.09 bits per heavy atom. The summed E-state index contributed by atoms with van der Waals surface area (Å²) in [5, 5.41) is 5.16. The summed E-state index contributed by atoms with van der Waals surface area (Å²) in [4.78, 5) is 37.5. The predicted octanol–water partition coefficient (Wildman–Crippen LogP) is 0.907. The summed E-state index contributed by atoms with van der Waals surface area (Å²) < 4.78 is 5.23. The molecule has 23 heavy (non-hydrogen) atoms. The van der Waals surface area contributed by atoms with Crippen molar-refractivity contribution in [3.8, 4) is 5.75 Å². The minimum absolute atomic E-state index is 0.294. The van der Waals surface area contributed by atoms with Gasteiger partial charge in [-0.2, -0.15) is 0 Å². The third kappa shape index (κ3) is 2.74. The van der Waals surface area contributed by atoms with Crippen molar-refractivity contribution in [2.75, 3.05) is 20.7 Å². The van der Waals surface area contributed by atoms with Gasteiger partial charge in [0.15, 0.2) is 0 Å². The molecule has 0 bridgehead atoms. The van der Waals surface area contributed by atoms with Crippen molar-refractivity contribution in [2.24, 2.45) is 0 Å². The highest BCUT2D eigenvalue weighted by atomic mass is 16.5. The second-order valence-corrected chi connectivity index (χ2v) is 5.44. The van der Waals surface area contributed by atoms with Gasteiger partial charge in [0.2, 0.25) is 5.91 Å². The quantitative estimate of drug-likeness (QED) is 0.790. The number of carbonyl (C=O) groups is 3. The molecule has 1 unspecified atom stereocenters. The van der Waals surface area contributed by atoms with Gasteiger partial charge in [0.1, 0.15) is 17.8 Å². The molecule has 0 saturated carbocycles. The highest BCUT2D eigenvalue weighted by molar-refractivity contribution is 6.09. The Labute approximate surface area is 135 Å². The van der Waals surface area contributed by atoms with Crippen molar-refractivity contribution in [1.29, 1.82) is 0 Å². The van der Waals surface area contributed by atoms with Crippen LogP contribution in [0.3, 0.4) is 0 Å². The molecule has 1 aromatic rings. The van der Waals surface area contributed by atoms with Gasteiger partial charge in [-0.15, -0.1) is 0 Å². The van der Waals surface area contributed by atoms with Crippen molar-refractivity contribution in [1.82, 2.24) is 15.5 Å².